The monoisotopic (exact) mass is 310 g/mol. The van der Waals surface area contributed by atoms with Crippen LogP contribution in [0.2, 0.25) is 0 Å². The van der Waals surface area contributed by atoms with E-state index in [1.54, 1.807) is 12.7 Å². The zero-order chi connectivity index (χ0) is 15.6. The summed E-state index contributed by atoms with van der Waals surface area (Å²) < 4.78 is 1.93. The molecule has 0 spiro atoms. The highest BCUT2D eigenvalue weighted by Gasteiger charge is 2.23. The molecule has 3 N–H and O–H groups in total. The van der Waals surface area contributed by atoms with E-state index in [-0.39, 0.29) is 0 Å². The first-order valence-corrected chi connectivity index (χ1v) is 8.24. The van der Waals surface area contributed by atoms with E-state index in [2.05, 4.69) is 44.5 Å². The van der Waals surface area contributed by atoms with Crippen LogP contribution in [0, 0.1) is 0 Å². The number of hydrogen-bond donors (Lipinski definition) is 2. The fourth-order valence-corrected chi connectivity index (χ4v) is 3.65. The van der Waals surface area contributed by atoms with Crippen LogP contribution in [-0.2, 0) is 6.42 Å². The average molecular weight is 310 g/mol. The zero-order valence-electron chi connectivity index (χ0n) is 13.2. The molecule has 2 aromatic heterocycles. The average Bonchev–Trinajstić information content (AvgIpc) is 3.32. The lowest BCUT2D eigenvalue weighted by atomic mass is 10.0. The summed E-state index contributed by atoms with van der Waals surface area (Å²) >= 11 is 0. The number of H-pyrrole nitrogens is 1. The van der Waals surface area contributed by atoms with Crippen molar-refractivity contribution in [2.45, 2.75) is 31.7 Å². The summed E-state index contributed by atoms with van der Waals surface area (Å²) in [4.78, 5) is 5.78. The van der Waals surface area contributed by atoms with Crippen molar-refractivity contribution in [3.8, 4) is 5.69 Å². The largest absolute Gasteiger partial charge is 0.361 e. The number of nitrogens with one attached hydrogen (secondary N) is 1. The Labute approximate surface area is 135 Å². The Morgan fingerprint density at radius 1 is 1.26 bits per heavy atom. The van der Waals surface area contributed by atoms with Crippen LogP contribution >= 0.6 is 0 Å². The number of aryl methyl sites for hydroxylation is 1. The molecule has 1 unspecified atom stereocenters. The third-order valence-electron chi connectivity index (χ3n) is 4.95. The van der Waals surface area contributed by atoms with Gasteiger partial charge in [0.2, 0.25) is 0 Å². The van der Waals surface area contributed by atoms with Crippen molar-refractivity contribution < 1.29 is 0 Å². The molecule has 6 nitrogen and oxygen atoms in total. The van der Waals surface area contributed by atoms with Gasteiger partial charge in [-0.05, 0) is 56.0 Å². The summed E-state index contributed by atoms with van der Waals surface area (Å²) in [5, 5.41) is 9.05. The number of benzene rings is 1. The predicted octanol–water partition coefficient (Wildman–Crippen LogP) is 2.06. The lowest BCUT2D eigenvalue weighted by Gasteiger charge is -2.22. The van der Waals surface area contributed by atoms with Gasteiger partial charge in [-0.2, -0.15) is 0 Å². The molecule has 1 atom stereocenters. The number of hydrogen-bond acceptors (Lipinski definition) is 4. The van der Waals surface area contributed by atoms with Crippen molar-refractivity contribution in [1.29, 1.82) is 0 Å². The van der Waals surface area contributed by atoms with Crippen LogP contribution in [0.4, 0.5) is 0 Å². The molecule has 0 amide bonds. The van der Waals surface area contributed by atoms with E-state index in [0.29, 0.717) is 12.7 Å². The minimum absolute atomic E-state index is 0.631. The standard InChI is InChI=1S/C17H22N6/c18-10-22-7-1-2-14(22)4-3-13-9-19-17-6-5-15(8-16(13)17)23-11-20-21-12-23/h5-6,8-9,11-12,14,19H,1-4,7,10,18H2. The van der Waals surface area contributed by atoms with Crippen LogP contribution in [0.5, 0.6) is 0 Å². The Balaban J connectivity index is 1.56. The van der Waals surface area contributed by atoms with Crippen LogP contribution in [-0.4, -0.2) is 43.9 Å². The molecule has 1 saturated heterocycles. The molecule has 3 heterocycles. The fourth-order valence-electron chi connectivity index (χ4n) is 3.65. The molecular weight excluding hydrogens is 288 g/mol. The Hall–Kier alpha value is -2.18. The van der Waals surface area contributed by atoms with E-state index in [0.717, 1.165) is 18.7 Å². The summed E-state index contributed by atoms with van der Waals surface area (Å²) in [6.45, 7) is 1.82. The first-order chi connectivity index (χ1) is 11.3. The molecule has 0 aliphatic carbocycles. The molecule has 23 heavy (non-hydrogen) atoms. The zero-order valence-corrected chi connectivity index (χ0v) is 13.2. The Kier molecular flexibility index (Phi) is 3.85. The number of aromatic nitrogens is 4. The van der Waals surface area contributed by atoms with Crippen LogP contribution in [0.1, 0.15) is 24.8 Å². The number of likely N-dealkylation sites (tertiary alicyclic amines) is 1. The van der Waals surface area contributed by atoms with E-state index in [4.69, 9.17) is 5.73 Å². The van der Waals surface area contributed by atoms with Crippen LogP contribution in [0.15, 0.2) is 37.1 Å². The number of aromatic amines is 1. The van der Waals surface area contributed by atoms with Crippen molar-refractivity contribution >= 4 is 10.9 Å². The van der Waals surface area contributed by atoms with Gasteiger partial charge in [-0.25, -0.2) is 0 Å². The van der Waals surface area contributed by atoms with Gasteiger partial charge in [-0.1, -0.05) is 0 Å². The maximum Gasteiger partial charge on any atom is 0.123 e. The summed E-state index contributed by atoms with van der Waals surface area (Å²) in [5.41, 5.74) is 9.49. The second-order valence-corrected chi connectivity index (χ2v) is 6.24. The van der Waals surface area contributed by atoms with Gasteiger partial charge in [0.05, 0.1) is 0 Å². The molecule has 1 aliphatic heterocycles. The van der Waals surface area contributed by atoms with E-state index in [9.17, 15) is 0 Å². The Bertz CT molecular complexity index is 776. The van der Waals surface area contributed by atoms with Gasteiger partial charge in [0.25, 0.3) is 0 Å². The Morgan fingerprint density at radius 3 is 2.96 bits per heavy atom. The van der Waals surface area contributed by atoms with E-state index < -0.39 is 0 Å². The third-order valence-corrected chi connectivity index (χ3v) is 4.95. The molecule has 120 valence electrons. The minimum atomic E-state index is 0.631. The molecule has 1 fully saturated rings. The smallest absolute Gasteiger partial charge is 0.123 e. The summed E-state index contributed by atoms with van der Waals surface area (Å²) in [5.74, 6) is 0. The molecule has 4 rings (SSSR count). The van der Waals surface area contributed by atoms with Gasteiger partial charge in [-0.15, -0.1) is 10.2 Å². The van der Waals surface area contributed by atoms with Crippen molar-refractivity contribution in [3.63, 3.8) is 0 Å². The normalized spacial score (nSPS) is 18.9. The number of nitrogens with zero attached hydrogens (tertiary/aromatic N) is 4. The highest BCUT2D eigenvalue weighted by atomic mass is 15.2. The number of nitrogens with two attached hydrogens (primary N) is 1. The summed E-state index contributed by atoms with van der Waals surface area (Å²) in [7, 11) is 0. The van der Waals surface area contributed by atoms with E-state index in [1.807, 2.05) is 4.57 Å². The number of fused-ring (bicyclic) bond motifs is 1. The molecule has 6 heteroatoms. The van der Waals surface area contributed by atoms with Gasteiger partial charge in [-0.3, -0.25) is 9.47 Å². The van der Waals surface area contributed by atoms with E-state index in [1.165, 1.54) is 35.7 Å². The van der Waals surface area contributed by atoms with Crippen molar-refractivity contribution in [2.24, 2.45) is 5.73 Å². The van der Waals surface area contributed by atoms with Gasteiger partial charge >= 0.3 is 0 Å². The van der Waals surface area contributed by atoms with Gasteiger partial charge in [0, 0.05) is 35.5 Å². The molecule has 1 aromatic carbocycles. The van der Waals surface area contributed by atoms with Gasteiger partial charge in [0.1, 0.15) is 12.7 Å². The van der Waals surface area contributed by atoms with Gasteiger partial charge in [0.15, 0.2) is 0 Å². The first-order valence-electron chi connectivity index (χ1n) is 8.24. The van der Waals surface area contributed by atoms with Crippen LogP contribution in [0.25, 0.3) is 16.6 Å². The SMILES string of the molecule is NCN1CCCC1CCc1c[nH]c2ccc(-n3cnnc3)cc12. The van der Waals surface area contributed by atoms with Crippen molar-refractivity contribution in [2.75, 3.05) is 13.2 Å². The van der Waals surface area contributed by atoms with E-state index >= 15 is 0 Å². The minimum Gasteiger partial charge on any atom is -0.361 e. The lowest BCUT2D eigenvalue weighted by molar-refractivity contribution is 0.250. The second kappa shape index (κ2) is 6.14. The van der Waals surface area contributed by atoms with Crippen molar-refractivity contribution in [1.82, 2.24) is 24.6 Å². The second-order valence-electron chi connectivity index (χ2n) is 6.24. The molecule has 3 aromatic rings. The Morgan fingerprint density at radius 2 is 2.13 bits per heavy atom. The first kappa shape index (κ1) is 14.4. The highest BCUT2D eigenvalue weighted by Crippen LogP contribution is 2.26. The quantitative estimate of drug-likeness (QED) is 0.756. The third kappa shape index (κ3) is 2.75. The molecule has 0 saturated carbocycles. The molecule has 0 bridgehead atoms. The predicted molar refractivity (Wildman–Crippen MR) is 90.3 cm³/mol. The topological polar surface area (TPSA) is 75.8 Å². The molecule has 0 radical (unpaired) electrons. The maximum absolute atomic E-state index is 5.84. The highest BCUT2D eigenvalue weighted by molar-refractivity contribution is 5.85. The summed E-state index contributed by atoms with van der Waals surface area (Å²) in [6, 6.07) is 7.04. The molecular formula is C17H22N6. The van der Waals surface area contributed by atoms with Crippen LogP contribution in [0.3, 0.4) is 0 Å². The summed E-state index contributed by atoms with van der Waals surface area (Å²) in [6.07, 6.45) is 10.4. The lowest BCUT2D eigenvalue weighted by Crippen LogP contribution is -2.34. The van der Waals surface area contributed by atoms with Crippen LogP contribution < -0.4 is 5.73 Å². The molecule has 1 aliphatic rings. The number of rotatable bonds is 5. The van der Waals surface area contributed by atoms with Gasteiger partial charge < -0.3 is 10.7 Å². The maximum atomic E-state index is 5.84. The fraction of sp³-hybridized carbons (Fsp3) is 0.412. The van der Waals surface area contributed by atoms with Crippen molar-refractivity contribution in [3.05, 3.63) is 42.6 Å².